The Balaban J connectivity index is 1.41. The van der Waals surface area contributed by atoms with E-state index in [0.717, 1.165) is 31.2 Å². The number of para-hydroxylation sites is 1. The zero-order valence-electron chi connectivity index (χ0n) is 20.4. The predicted molar refractivity (Wildman–Crippen MR) is 152 cm³/mol. The molecule has 0 amide bonds. The first-order valence-corrected chi connectivity index (χ1v) is 13.6. The van der Waals surface area contributed by atoms with Gasteiger partial charge in [0, 0.05) is 5.92 Å². The van der Waals surface area contributed by atoms with Crippen LogP contribution in [0.4, 0.5) is 0 Å². The summed E-state index contributed by atoms with van der Waals surface area (Å²) < 4.78 is 7.97. The van der Waals surface area contributed by atoms with E-state index >= 15 is 0 Å². The van der Waals surface area contributed by atoms with E-state index in [1.807, 2.05) is 24.3 Å². The van der Waals surface area contributed by atoms with Crippen LogP contribution in [0.15, 0.2) is 75.0 Å². The van der Waals surface area contributed by atoms with Gasteiger partial charge in [0.05, 0.1) is 32.2 Å². The number of hydrogen-bond acceptors (Lipinski definition) is 5. The van der Waals surface area contributed by atoms with Crippen LogP contribution in [-0.4, -0.2) is 27.0 Å². The molecule has 3 aromatic carbocycles. The molecule has 0 unspecified atom stereocenters. The van der Waals surface area contributed by atoms with Gasteiger partial charge in [-0.25, -0.2) is 9.78 Å². The van der Waals surface area contributed by atoms with Crippen molar-refractivity contribution in [3.63, 3.8) is 0 Å². The monoisotopic (exact) mass is 593 g/mol. The summed E-state index contributed by atoms with van der Waals surface area (Å²) in [7, 11) is 0. The molecule has 0 aliphatic heterocycles. The lowest BCUT2D eigenvalue weighted by Crippen LogP contribution is -2.25. The van der Waals surface area contributed by atoms with Crippen molar-refractivity contribution in [2.24, 2.45) is 5.10 Å². The molecule has 1 fully saturated rings. The fourth-order valence-electron chi connectivity index (χ4n) is 4.69. The normalized spacial score (nSPS) is 14.3. The molecule has 1 aliphatic rings. The van der Waals surface area contributed by atoms with Crippen molar-refractivity contribution >= 4 is 50.6 Å². The van der Waals surface area contributed by atoms with Crippen LogP contribution in [0.2, 0.25) is 5.02 Å². The summed E-state index contributed by atoms with van der Waals surface area (Å²) >= 11 is 10.1. The third-order valence-electron chi connectivity index (χ3n) is 6.68. The minimum Gasteiger partial charge on any atom is -0.486 e. The molecule has 0 radical (unpaired) electrons. The molecule has 1 aromatic heterocycles. The van der Waals surface area contributed by atoms with Crippen molar-refractivity contribution < 1.29 is 14.6 Å². The maximum Gasteiger partial charge on any atom is 0.335 e. The Hall–Kier alpha value is -3.49. The quantitative estimate of drug-likeness (QED) is 0.232. The lowest BCUT2D eigenvalue weighted by molar-refractivity contribution is 0.0697. The smallest absolute Gasteiger partial charge is 0.335 e. The summed E-state index contributed by atoms with van der Waals surface area (Å²) in [6, 6.07) is 17.4. The number of ether oxygens (including phenoxy) is 1. The molecule has 0 atom stereocenters. The molecule has 194 valence electrons. The van der Waals surface area contributed by atoms with Crippen molar-refractivity contribution in [3.05, 3.63) is 103 Å². The van der Waals surface area contributed by atoms with Gasteiger partial charge in [-0.3, -0.25) is 4.79 Å². The number of benzene rings is 3. The summed E-state index contributed by atoms with van der Waals surface area (Å²) in [5.74, 6) is 0.365. The van der Waals surface area contributed by atoms with Crippen LogP contribution in [0.5, 0.6) is 5.75 Å². The maximum atomic E-state index is 13.4. The molecule has 1 N–H and O–H groups in total. The molecule has 5 rings (SSSR count). The molecule has 4 aromatic rings. The Morgan fingerprint density at radius 1 is 1.13 bits per heavy atom. The van der Waals surface area contributed by atoms with E-state index in [-0.39, 0.29) is 23.6 Å². The second kappa shape index (κ2) is 11.5. The average Bonchev–Trinajstić information content (AvgIpc) is 2.93. The number of hydrogen-bond donors (Lipinski definition) is 1. The zero-order chi connectivity index (χ0) is 26.6. The lowest BCUT2D eigenvalue weighted by Gasteiger charge is -2.22. The fraction of sp³-hybridized carbons (Fsp3) is 0.241. The first kappa shape index (κ1) is 26.1. The third-order valence-corrected chi connectivity index (χ3v) is 7.55. The molecule has 0 saturated heterocycles. The van der Waals surface area contributed by atoms with Gasteiger partial charge >= 0.3 is 5.97 Å². The molecule has 1 aliphatic carbocycles. The Bertz CT molecular complexity index is 1550. The largest absolute Gasteiger partial charge is 0.486 e. The number of fused-ring (bicyclic) bond motifs is 1. The second-order valence-electron chi connectivity index (χ2n) is 9.29. The minimum atomic E-state index is -0.979. The molecule has 7 nitrogen and oxygen atoms in total. The highest BCUT2D eigenvalue weighted by molar-refractivity contribution is 9.10. The van der Waals surface area contributed by atoms with E-state index in [2.05, 4.69) is 21.0 Å². The molecule has 0 bridgehead atoms. The Kier molecular flexibility index (Phi) is 7.90. The van der Waals surface area contributed by atoms with Gasteiger partial charge in [0.1, 0.15) is 12.4 Å². The third kappa shape index (κ3) is 5.66. The van der Waals surface area contributed by atoms with E-state index in [4.69, 9.17) is 26.4 Å². The van der Waals surface area contributed by atoms with Gasteiger partial charge in [0.2, 0.25) is 0 Å². The van der Waals surface area contributed by atoms with Crippen LogP contribution in [0.25, 0.3) is 10.9 Å². The average molecular weight is 595 g/mol. The summed E-state index contributed by atoms with van der Waals surface area (Å²) in [5.41, 5.74) is 2.21. The number of aromatic carboxylic acids is 1. The van der Waals surface area contributed by atoms with Crippen molar-refractivity contribution in [3.8, 4) is 5.75 Å². The van der Waals surface area contributed by atoms with E-state index in [0.29, 0.717) is 37.5 Å². The molecule has 1 heterocycles. The fourth-order valence-corrected chi connectivity index (χ4v) is 5.68. The highest BCUT2D eigenvalue weighted by Gasteiger charge is 2.22. The number of carboxylic acids is 1. The second-order valence-corrected chi connectivity index (χ2v) is 10.5. The SMILES string of the molecule is O=C(O)c1ccc(COc2c(Cl)cc(C=Nn3c(C4CCCCC4)nc4ccccc4c3=O)cc2Br)cc1. The molecule has 9 heteroatoms. The number of carboxylic acid groups (broad SMARTS) is 1. The topological polar surface area (TPSA) is 93.8 Å². The number of aromatic nitrogens is 2. The van der Waals surface area contributed by atoms with Crippen LogP contribution in [0, 0.1) is 0 Å². The predicted octanol–water partition coefficient (Wildman–Crippen LogP) is 7.02. The Labute approximate surface area is 232 Å². The van der Waals surface area contributed by atoms with Crippen molar-refractivity contribution in [1.82, 2.24) is 9.66 Å². The van der Waals surface area contributed by atoms with Gasteiger partial charge in [-0.1, -0.05) is 55.1 Å². The van der Waals surface area contributed by atoms with E-state index in [1.165, 1.54) is 23.2 Å². The highest BCUT2D eigenvalue weighted by atomic mass is 79.9. The molecular formula is C29H25BrClN3O4. The van der Waals surface area contributed by atoms with Crippen LogP contribution >= 0.6 is 27.5 Å². The first-order chi connectivity index (χ1) is 18.4. The van der Waals surface area contributed by atoms with Gasteiger partial charge in [0.15, 0.2) is 5.75 Å². The van der Waals surface area contributed by atoms with Crippen LogP contribution in [-0.2, 0) is 6.61 Å². The van der Waals surface area contributed by atoms with Gasteiger partial charge in [-0.05, 0) is 76.3 Å². The van der Waals surface area contributed by atoms with E-state index in [9.17, 15) is 9.59 Å². The summed E-state index contributed by atoms with van der Waals surface area (Å²) in [4.78, 5) is 29.3. The first-order valence-electron chi connectivity index (χ1n) is 12.4. The van der Waals surface area contributed by atoms with Gasteiger partial charge in [-0.2, -0.15) is 9.78 Å². The Morgan fingerprint density at radius 3 is 2.58 bits per heavy atom. The van der Waals surface area contributed by atoms with Crippen LogP contribution in [0.3, 0.4) is 0 Å². The molecule has 0 spiro atoms. The van der Waals surface area contributed by atoms with E-state index < -0.39 is 5.97 Å². The van der Waals surface area contributed by atoms with Crippen molar-refractivity contribution in [2.75, 3.05) is 0 Å². The van der Waals surface area contributed by atoms with Crippen LogP contribution in [0.1, 0.15) is 65.3 Å². The standard InChI is InChI=1S/C29H25BrClN3O4/c30-23-14-19(15-24(31)26(23)38-17-18-10-12-21(13-11-18)29(36)37)16-32-34-27(20-6-2-1-3-7-20)33-25-9-5-4-8-22(25)28(34)35/h4-5,8-16,20H,1-3,6-7,17H2,(H,36,37). The number of nitrogens with zero attached hydrogens (tertiary/aromatic N) is 3. The van der Waals surface area contributed by atoms with Gasteiger partial charge in [0.25, 0.3) is 5.56 Å². The van der Waals surface area contributed by atoms with Gasteiger partial charge < -0.3 is 9.84 Å². The molecular weight excluding hydrogens is 570 g/mol. The van der Waals surface area contributed by atoms with Crippen molar-refractivity contribution in [1.29, 1.82) is 0 Å². The maximum absolute atomic E-state index is 13.4. The highest BCUT2D eigenvalue weighted by Crippen LogP contribution is 2.35. The molecule has 38 heavy (non-hydrogen) atoms. The van der Waals surface area contributed by atoms with Gasteiger partial charge in [-0.15, -0.1) is 0 Å². The summed E-state index contributed by atoms with van der Waals surface area (Å²) in [5, 5.41) is 14.5. The lowest BCUT2D eigenvalue weighted by atomic mass is 9.88. The minimum absolute atomic E-state index is 0.188. The number of halogens is 2. The van der Waals surface area contributed by atoms with Crippen LogP contribution < -0.4 is 10.3 Å². The zero-order valence-corrected chi connectivity index (χ0v) is 22.8. The van der Waals surface area contributed by atoms with E-state index in [1.54, 1.807) is 30.5 Å². The number of carbonyl (C=O) groups is 1. The molecule has 1 saturated carbocycles. The Morgan fingerprint density at radius 2 is 1.87 bits per heavy atom. The summed E-state index contributed by atoms with van der Waals surface area (Å²) in [6.07, 6.45) is 7.02. The summed E-state index contributed by atoms with van der Waals surface area (Å²) in [6.45, 7) is 0.217. The van der Waals surface area contributed by atoms with Crippen molar-refractivity contribution in [2.45, 2.75) is 44.6 Å². The number of rotatable bonds is 7.